The quantitative estimate of drug-likeness (QED) is 0.499. The Morgan fingerprint density at radius 3 is 2.43 bits per heavy atom. The highest BCUT2D eigenvalue weighted by molar-refractivity contribution is 4.83. The Hall–Kier alpha value is -0.890. The smallest absolute Gasteiger partial charge is 0.171 e. The lowest BCUT2D eigenvalue weighted by Gasteiger charge is -2.04. The van der Waals surface area contributed by atoms with Gasteiger partial charge >= 0.3 is 0 Å². The van der Waals surface area contributed by atoms with Crippen LogP contribution in [0.5, 0.6) is 0 Å². The van der Waals surface area contributed by atoms with E-state index in [1.807, 2.05) is 18.2 Å². The first-order valence-corrected chi connectivity index (χ1v) is 5.31. The molecule has 1 aromatic rings. The van der Waals surface area contributed by atoms with Crippen molar-refractivity contribution >= 4 is 0 Å². The zero-order chi connectivity index (χ0) is 10.2. The SMILES string of the molecule is CC(C)CCOCC[n+]1ccccc1. The van der Waals surface area contributed by atoms with Gasteiger partial charge in [-0.1, -0.05) is 19.9 Å². The lowest BCUT2D eigenvalue weighted by Crippen LogP contribution is -2.34. The van der Waals surface area contributed by atoms with Crippen LogP contribution in [0.15, 0.2) is 30.6 Å². The Kier molecular flexibility index (Phi) is 5.23. The van der Waals surface area contributed by atoms with Crippen molar-refractivity contribution < 1.29 is 9.30 Å². The van der Waals surface area contributed by atoms with E-state index in [1.54, 1.807) is 0 Å². The van der Waals surface area contributed by atoms with Crippen LogP contribution in [0.25, 0.3) is 0 Å². The van der Waals surface area contributed by atoms with E-state index in [0.717, 1.165) is 32.1 Å². The molecule has 1 rings (SSSR count). The lowest BCUT2D eigenvalue weighted by molar-refractivity contribution is -0.698. The predicted molar refractivity (Wildman–Crippen MR) is 56.9 cm³/mol. The van der Waals surface area contributed by atoms with E-state index in [9.17, 15) is 0 Å². The second-order valence-electron chi connectivity index (χ2n) is 3.91. The number of hydrogen-bond donors (Lipinski definition) is 0. The normalized spacial score (nSPS) is 10.8. The second-order valence-corrected chi connectivity index (χ2v) is 3.91. The third-order valence-corrected chi connectivity index (χ3v) is 2.11. The first-order valence-electron chi connectivity index (χ1n) is 5.31. The molecule has 0 saturated carbocycles. The first-order chi connectivity index (χ1) is 6.79. The third-order valence-electron chi connectivity index (χ3n) is 2.11. The van der Waals surface area contributed by atoms with Gasteiger partial charge in [0.1, 0.15) is 6.61 Å². The van der Waals surface area contributed by atoms with Crippen LogP contribution in [0.3, 0.4) is 0 Å². The van der Waals surface area contributed by atoms with Crippen molar-refractivity contribution in [2.24, 2.45) is 5.92 Å². The van der Waals surface area contributed by atoms with Gasteiger partial charge in [0.15, 0.2) is 18.9 Å². The van der Waals surface area contributed by atoms with Gasteiger partial charge in [0.05, 0.1) is 0 Å². The Bertz CT molecular complexity index is 233. The Balaban J connectivity index is 2.05. The van der Waals surface area contributed by atoms with Crippen LogP contribution in [0.2, 0.25) is 0 Å². The van der Waals surface area contributed by atoms with Gasteiger partial charge < -0.3 is 4.74 Å². The summed E-state index contributed by atoms with van der Waals surface area (Å²) in [5.74, 6) is 0.736. The zero-order valence-electron chi connectivity index (χ0n) is 9.15. The van der Waals surface area contributed by atoms with Crippen LogP contribution in [0, 0.1) is 5.92 Å². The minimum absolute atomic E-state index is 0.736. The molecule has 1 aromatic heterocycles. The maximum Gasteiger partial charge on any atom is 0.171 e. The number of ether oxygens (including phenoxy) is 1. The van der Waals surface area contributed by atoms with Gasteiger partial charge in [-0.25, -0.2) is 4.57 Å². The number of nitrogens with zero attached hydrogens (tertiary/aromatic N) is 1. The second kappa shape index (κ2) is 6.55. The molecule has 0 unspecified atom stereocenters. The molecule has 0 aromatic carbocycles. The van der Waals surface area contributed by atoms with Gasteiger partial charge in [0, 0.05) is 18.7 Å². The van der Waals surface area contributed by atoms with Crippen molar-refractivity contribution in [3.05, 3.63) is 30.6 Å². The monoisotopic (exact) mass is 194 g/mol. The van der Waals surface area contributed by atoms with Crippen molar-refractivity contribution in [2.75, 3.05) is 13.2 Å². The molecule has 0 amide bonds. The summed E-state index contributed by atoms with van der Waals surface area (Å²) < 4.78 is 7.66. The van der Waals surface area contributed by atoms with Gasteiger partial charge in [-0.3, -0.25) is 0 Å². The minimum atomic E-state index is 0.736. The van der Waals surface area contributed by atoms with E-state index in [1.165, 1.54) is 0 Å². The van der Waals surface area contributed by atoms with Crippen LogP contribution < -0.4 is 4.57 Å². The summed E-state index contributed by atoms with van der Waals surface area (Å²) in [6.45, 7) is 7.07. The molecule has 1 heterocycles. The van der Waals surface area contributed by atoms with Gasteiger partial charge in [0.2, 0.25) is 0 Å². The Morgan fingerprint density at radius 1 is 1.07 bits per heavy atom. The van der Waals surface area contributed by atoms with Crippen LogP contribution in [-0.4, -0.2) is 13.2 Å². The van der Waals surface area contributed by atoms with E-state index in [4.69, 9.17) is 4.74 Å². The summed E-state index contributed by atoms with van der Waals surface area (Å²) in [6, 6.07) is 6.10. The molecule has 2 nitrogen and oxygen atoms in total. The summed E-state index contributed by atoms with van der Waals surface area (Å²) >= 11 is 0. The Labute approximate surface area is 86.5 Å². The molecule has 0 fully saturated rings. The van der Waals surface area contributed by atoms with E-state index in [-0.39, 0.29) is 0 Å². The summed E-state index contributed by atoms with van der Waals surface area (Å²) in [5, 5.41) is 0. The van der Waals surface area contributed by atoms with Gasteiger partial charge in [-0.15, -0.1) is 0 Å². The van der Waals surface area contributed by atoms with E-state index in [0.29, 0.717) is 0 Å². The van der Waals surface area contributed by atoms with Crippen molar-refractivity contribution in [2.45, 2.75) is 26.8 Å². The molecule has 14 heavy (non-hydrogen) atoms. The van der Waals surface area contributed by atoms with Crippen molar-refractivity contribution in [1.29, 1.82) is 0 Å². The molecule has 78 valence electrons. The van der Waals surface area contributed by atoms with Crippen molar-refractivity contribution in [3.8, 4) is 0 Å². The van der Waals surface area contributed by atoms with Crippen LogP contribution >= 0.6 is 0 Å². The molecule has 0 atom stereocenters. The molecular weight excluding hydrogens is 174 g/mol. The van der Waals surface area contributed by atoms with Crippen molar-refractivity contribution in [3.63, 3.8) is 0 Å². The molecule has 0 aliphatic carbocycles. The fourth-order valence-corrected chi connectivity index (χ4v) is 1.17. The largest absolute Gasteiger partial charge is 0.375 e. The molecule has 0 radical (unpaired) electrons. The summed E-state index contributed by atoms with van der Waals surface area (Å²) in [5.41, 5.74) is 0. The summed E-state index contributed by atoms with van der Waals surface area (Å²) in [7, 11) is 0. The van der Waals surface area contributed by atoms with E-state index >= 15 is 0 Å². The van der Waals surface area contributed by atoms with Crippen LogP contribution in [-0.2, 0) is 11.3 Å². The molecule has 0 N–H and O–H groups in total. The zero-order valence-corrected chi connectivity index (χ0v) is 9.15. The highest BCUT2D eigenvalue weighted by Gasteiger charge is 1.98. The number of pyridine rings is 1. The van der Waals surface area contributed by atoms with Gasteiger partial charge in [-0.05, 0) is 12.3 Å². The summed E-state index contributed by atoms with van der Waals surface area (Å²) in [6.07, 6.45) is 5.27. The van der Waals surface area contributed by atoms with E-state index < -0.39 is 0 Å². The average molecular weight is 194 g/mol. The topological polar surface area (TPSA) is 13.1 Å². The number of hydrogen-bond acceptors (Lipinski definition) is 1. The first kappa shape index (κ1) is 11.2. The van der Waals surface area contributed by atoms with Crippen LogP contribution in [0.4, 0.5) is 0 Å². The van der Waals surface area contributed by atoms with Crippen molar-refractivity contribution in [1.82, 2.24) is 0 Å². The Morgan fingerprint density at radius 2 is 1.79 bits per heavy atom. The van der Waals surface area contributed by atoms with Gasteiger partial charge in [0.25, 0.3) is 0 Å². The molecule has 0 saturated heterocycles. The minimum Gasteiger partial charge on any atom is -0.375 e. The molecular formula is C12H20NO+. The maximum absolute atomic E-state index is 5.53. The lowest BCUT2D eigenvalue weighted by atomic mass is 10.1. The summed E-state index contributed by atoms with van der Waals surface area (Å²) in [4.78, 5) is 0. The fraction of sp³-hybridized carbons (Fsp3) is 0.583. The molecule has 0 aliphatic rings. The maximum atomic E-state index is 5.53. The average Bonchev–Trinajstić information content (AvgIpc) is 2.18. The molecule has 0 spiro atoms. The van der Waals surface area contributed by atoms with E-state index in [2.05, 4.69) is 30.8 Å². The fourth-order valence-electron chi connectivity index (χ4n) is 1.17. The molecule has 2 heteroatoms. The highest BCUT2D eigenvalue weighted by atomic mass is 16.5. The molecule has 0 aliphatic heterocycles. The standard InChI is InChI=1S/C12H20NO/c1-12(2)6-10-14-11-9-13-7-4-3-5-8-13/h3-5,7-8,12H,6,9-11H2,1-2H3/q+1. The molecule has 0 bridgehead atoms. The number of rotatable bonds is 6. The number of aromatic nitrogens is 1. The predicted octanol–water partition coefficient (Wildman–Crippen LogP) is 2.04. The van der Waals surface area contributed by atoms with Gasteiger partial charge in [-0.2, -0.15) is 0 Å². The van der Waals surface area contributed by atoms with Crippen LogP contribution in [0.1, 0.15) is 20.3 Å². The highest BCUT2D eigenvalue weighted by Crippen LogP contribution is 1.98. The third kappa shape index (κ3) is 4.97.